The van der Waals surface area contributed by atoms with Gasteiger partial charge in [0.15, 0.2) is 11.5 Å². The Balaban J connectivity index is 2.11. The van der Waals surface area contributed by atoms with Crippen LogP contribution in [-0.4, -0.2) is 24.4 Å². The Bertz CT molecular complexity index is 446. The standard InChI is InChI=1S/C10H11N3O2S/c1-16-10(11)13-12-5-7-2-3-8-9(4-7)15-6-14-8/h2-5H,6H2,1H3,(H2,11,13)/p+1. The van der Waals surface area contributed by atoms with Crippen LogP contribution in [0, 0.1) is 0 Å². The summed E-state index contributed by atoms with van der Waals surface area (Å²) in [6.45, 7) is 0.282. The van der Waals surface area contributed by atoms with Crippen LogP contribution in [0.4, 0.5) is 0 Å². The molecule has 0 spiro atoms. The summed E-state index contributed by atoms with van der Waals surface area (Å²) < 4.78 is 10.5. The van der Waals surface area contributed by atoms with E-state index in [1.54, 1.807) is 6.21 Å². The Labute approximate surface area is 97.3 Å². The average molecular weight is 238 g/mol. The first-order valence-electron chi connectivity index (χ1n) is 4.65. The Morgan fingerprint density at radius 2 is 2.31 bits per heavy atom. The molecule has 1 aromatic carbocycles. The topological polar surface area (TPSA) is 70.8 Å². The molecule has 6 heteroatoms. The fraction of sp³-hybridized carbons (Fsp3) is 0.200. The van der Waals surface area contributed by atoms with Crippen molar-refractivity contribution in [3.63, 3.8) is 0 Å². The molecule has 1 aliphatic rings. The second kappa shape index (κ2) is 4.89. The summed E-state index contributed by atoms with van der Waals surface area (Å²) in [7, 11) is 0. The van der Waals surface area contributed by atoms with E-state index < -0.39 is 0 Å². The van der Waals surface area contributed by atoms with Crippen LogP contribution in [0.5, 0.6) is 11.5 Å². The maximum atomic E-state index is 5.51. The van der Waals surface area contributed by atoms with Gasteiger partial charge in [-0.15, -0.1) is 5.10 Å². The highest BCUT2D eigenvalue weighted by atomic mass is 32.2. The summed E-state index contributed by atoms with van der Waals surface area (Å²) in [5, 5.41) is 7.16. The van der Waals surface area contributed by atoms with E-state index in [-0.39, 0.29) is 6.79 Å². The van der Waals surface area contributed by atoms with E-state index in [0.717, 1.165) is 17.1 Å². The van der Waals surface area contributed by atoms with E-state index in [9.17, 15) is 0 Å². The predicted octanol–water partition coefficient (Wildman–Crippen LogP) is -0.492. The highest BCUT2D eigenvalue weighted by Crippen LogP contribution is 2.31. The number of nitrogens with zero attached hydrogens (tertiary/aromatic N) is 1. The van der Waals surface area contributed by atoms with Crippen LogP contribution >= 0.6 is 11.8 Å². The number of hydrogen-bond donors (Lipinski definition) is 2. The van der Waals surface area contributed by atoms with Gasteiger partial charge in [0.2, 0.25) is 18.2 Å². The van der Waals surface area contributed by atoms with Crippen molar-refractivity contribution in [2.45, 2.75) is 0 Å². The Morgan fingerprint density at radius 1 is 1.50 bits per heavy atom. The van der Waals surface area contributed by atoms with Crippen molar-refractivity contribution in [1.29, 1.82) is 0 Å². The highest BCUT2D eigenvalue weighted by Gasteiger charge is 2.12. The van der Waals surface area contributed by atoms with E-state index in [1.807, 2.05) is 24.5 Å². The van der Waals surface area contributed by atoms with Gasteiger partial charge in [-0.3, -0.25) is 0 Å². The monoisotopic (exact) mass is 238 g/mol. The van der Waals surface area contributed by atoms with E-state index in [0.29, 0.717) is 5.17 Å². The van der Waals surface area contributed by atoms with Crippen LogP contribution in [0.25, 0.3) is 0 Å². The number of amidine groups is 1. The third-order valence-electron chi connectivity index (χ3n) is 2.01. The number of hydrogen-bond acceptors (Lipinski definition) is 4. The molecule has 0 fully saturated rings. The maximum absolute atomic E-state index is 5.51. The second-order valence-electron chi connectivity index (χ2n) is 3.04. The zero-order valence-corrected chi connectivity index (χ0v) is 9.58. The average Bonchev–Trinajstić information content (AvgIpc) is 2.76. The zero-order valence-electron chi connectivity index (χ0n) is 8.77. The summed E-state index contributed by atoms with van der Waals surface area (Å²) in [4.78, 5) is 0. The smallest absolute Gasteiger partial charge is 0.231 e. The Kier molecular flexibility index (Phi) is 3.31. The molecule has 5 nitrogen and oxygen atoms in total. The van der Waals surface area contributed by atoms with E-state index in [4.69, 9.17) is 15.2 Å². The second-order valence-corrected chi connectivity index (χ2v) is 3.87. The van der Waals surface area contributed by atoms with Crippen molar-refractivity contribution in [2.24, 2.45) is 10.8 Å². The third kappa shape index (κ3) is 2.46. The summed E-state index contributed by atoms with van der Waals surface area (Å²) in [6, 6.07) is 5.64. The quantitative estimate of drug-likeness (QED) is 0.414. The summed E-state index contributed by atoms with van der Waals surface area (Å²) >= 11 is 1.38. The fourth-order valence-corrected chi connectivity index (χ4v) is 1.36. The van der Waals surface area contributed by atoms with Crippen LogP contribution in [0.1, 0.15) is 5.56 Å². The first kappa shape index (κ1) is 10.8. The summed E-state index contributed by atoms with van der Waals surface area (Å²) in [5.41, 5.74) is 6.46. The molecule has 3 N–H and O–H groups in total. The first-order valence-corrected chi connectivity index (χ1v) is 5.87. The molecule has 0 bridgehead atoms. The van der Waals surface area contributed by atoms with E-state index >= 15 is 0 Å². The lowest BCUT2D eigenvalue weighted by Crippen LogP contribution is -2.62. The normalized spacial score (nSPS) is 14.7. The minimum atomic E-state index is 0.282. The lowest BCUT2D eigenvalue weighted by molar-refractivity contribution is -0.456. The van der Waals surface area contributed by atoms with Gasteiger partial charge in [-0.05, 0) is 24.5 Å². The lowest BCUT2D eigenvalue weighted by Gasteiger charge is -1.94. The molecule has 84 valence electrons. The van der Waals surface area contributed by atoms with Crippen LogP contribution in [0.3, 0.4) is 0 Å². The molecule has 1 aromatic rings. The molecule has 0 atom stereocenters. The maximum Gasteiger partial charge on any atom is 0.231 e. The van der Waals surface area contributed by atoms with Crippen LogP contribution in [0.2, 0.25) is 0 Å². The minimum Gasteiger partial charge on any atom is -0.454 e. The van der Waals surface area contributed by atoms with E-state index in [1.165, 1.54) is 11.8 Å². The fourth-order valence-electron chi connectivity index (χ4n) is 1.22. The molecule has 0 saturated heterocycles. The number of rotatable bonds is 2. The number of benzene rings is 1. The van der Waals surface area contributed by atoms with Gasteiger partial charge in [-0.25, -0.2) is 0 Å². The zero-order chi connectivity index (χ0) is 11.4. The summed E-state index contributed by atoms with van der Waals surface area (Å²) in [5.74, 6) is 1.52. The van der Waals surface area contributed by atoms with Crippen LogP contribution in [-0.2, 0) is 0 Å². The molecule has 0 amide bonds. The number of nitrogens with two attached hydrogens (primary N) is 1. The number of hydrazone groups is 1. The molecular formula is C10H12N3O2S+. The van der Waals surface area contributed by atoms with Crippen LogP contribution in [0.15, 0.2) is 23.3 Å². The number of ether oxygens (including phenoxy) is 2. The molecule has 0 unspecified atom stereocenters. The van der Waals surface area contributed by atoms with Gasteiger partial charge in [-0.1, -0.05) is 11.8 Å². The van der Waals surface area contributed by atoms with Crippen molar-refractivity contribution in [2.75, 3.05) is 13.0 Å². The molecule has 0 radical (unpaired) electrons. The van der Waals surface area contributed by atoms with Gasteiger partial charge >= 0.3 is 0 Å². The molecule has 0 aromatic heterocycles. The highest BCUT2D eigenvalue weighted by molar-refractivity contribution is 8.13. The third-order valence-corrected chi connectivity index (χ3v) is 2.52. The van der Waals surface area contributed by atoms with Gasteiger partial charge in [-0.2, -0.15) is 0 Å². The van der Waals surface area contributed by atoms with Gasteiger partial charge in [0.05, 0.1) is 0 Å². The minimum absolute atomic E-state index is 0.282. The Hall–Kier alpha value is -1.69. The predicted molar refractivity (Wildman–Crippen MR) is 63.8 cm³/mol. The van der Waals surface area contributed by atoms with Crippen LogP contribution < -0.4 is 20.3 Å². The van der Waals surface area contributed by atoms with E-state index in [2.05, 4.69) is 10.2 Å². The van der Waals surface area contributed by atoms with Crippen molar-refractivity contribution < 1.29 is 14.6 Å². The molecule has 1 heterocycles. The molecule has 0 aliphatic carbocycles. The Morgan fingerprint density at radius 3 is 3.12 bits per heavy atom. The van der Waals surface area contributed by atoms with Crippen molar-refractivity contribution in [3.8, 4) is 11.5 Å². The number of nitrogens with one attached hydrogen (secondary N) is 1. The van der Waals surface area contributed by atoms with Crippen molar-refractivity contribution in [1.82, 2.24) is 0 Å². The lowest BCUT2D eigenvalue weighted by atomic mass is 10.2. The SMILES string of the molecule is CSC(N)=N[NH+]=Cc1ccc2c(c1)OCO2. The van der Waals surface area contributed by atoms with Crippen molar-refractivity contribution >= 4 is 23.1 Å². The molecule has 2 rings (SSSR count). The molecule has 0 saturated carbocycles. The van der Waals surface area contributed by atoms with Gasteiger partial charge in [0.1, 0.15) is 0 Å². The van der Waals surface area contributed by atoms with Gasteiger partial charge in [0, 0.05) is 10.7 Å². The van der Waals surface area contributed by atoms with Gasteiger partial charge in [0.25, 0.3) is 0 Å². The number of thioether (sulfide) groups is 1. The molecule has 16 heavy (non-hydrogen) atoms. The largest absolute Gasteiger partial charge is 0.454 e. The molecule has 1 aliphatic heterocycles. The van der Waals surface area contributed by atoms with Gasteiger partial charge < -0.3 is 15.2 Å². The number of fused-ring (bicyclic) bond motifs is 1. The molecular weight excluding hydrogens is 226 g/mol. The first-order chi connectivity index (χ1) is 7.79. The van der Waals surface area contributed by atoms with Crippen molar-refractivity contribution in [3.05, 3.63) is 23.8 Å². The summed E-state index contributed by atoms with van der Waals surface area (Å²) in [6.07, 6.45) is 3.60.